The van der Waals surface area contributed by atoms with Gasteiger partial charge in [0.2, 0.25) is 5.91 Å². The van der Waals surface area contributed by atoms with E-state index in [1.54, 1.807) is 30.3 Å². The largest absolute Gasteiger partial charge is 0.351 e. The summed E-state index contributed by atoms with van der Waals surface area (Å²) >= 11 is 0. The monoisotopic (exact) mass is 533 g/mol. The molecule has 0 unspecified atom stereocenters. The van der Waals surface area contributed by atoms with Crippen LogP contribution in [0.5, 0.6) is 0 Å². The van der Waals surface area contributed by atoms with Crippen LogP contribution in [0.2, 0.25) is 0 Å². The first-order chi connectivity index (χ1) is 18.1. The summed E-state index contributed by atoms with van der Waals surface area (Å²) in [5, 5.41) is 10.4. The molecule has 3 amide bonds. The molecule has 3 rings (SSSR count). The van der Waals surface area contributed by atoms with Crippen LogP contribution in [0.25, 0.3) is 0 Å². The Labute approximate surface area is 221 Å². The molecule has 0 aliphatic rings. The molecule has 3 N–H and O–H groups in total. The first kappa shape index (κ1) is 28.3. The molecule has 3 aromatic carbocycles. The van der Waals surface area contributed by atoms with Crippen LogP contribution in [0.15, 0.2) is 83.8 Å². The van der Waals surface area contributed by atoms with Gasteiger partial charge in [-0.2, -0.15) is 0 Å². The summed E-state index contributed by atoms with van der Waals surface area (Å²) in [6, 6.07) is 19.2. The minimum atomic E-state index is -4.48. The SMILES string of the molecule is Cc1ccc(C#Cc2ccc(S(=O)(=O)N(O)[C@@H](C=O)CCC(=O)N(Cc3ccccc3)C(N)=O)cc2)cc1. The van der Waals surface area contributed by atoms with Crippen LogP contribution in [0.1, 0.15) is 35.1 Å². The van der Waals surface area contributed by atoms with Crippen molar-refractivity contribution >= 4 is 28.2 Å². The molecule has 0 bridgehead atoms. The van der Waals surface area contributed by atoms with Crippen molar-refractivity contribution in [3.05, 3.63) is 101 Å². The van der Waals surface area contributed by atoms with Crippen LogP contribution in [-0.2, 0) is 26.2 Å². The lowest BCUT2D eigenvalue weighted by atomic mass is 10.1. The summed E-state index contributed by atoms with van der Waals surface area (Å²) in [4.78, 5) is 36.6. The lowest BCUT2D eigenvalue weighted by Gasteiger charge is -2.23. The van der Waals surface area contributed by atoms with Gasteiger partial charge in [0.1, 0.15) is 12.3 Å². The Hall–Kier alpha value is -4.30. The van der Waals surface area contributed by atoms with E-state index in [2.05, 4.69) is 11.8 Å². The Morgan fingerprint density at radius 1 is 0.947 bits per heavy atom. The van der Waals surface area contributed by atoms with E-state index in [4.69, 9.17) is 5.73 Å². The third-order valence-electron chi connectivity index (χ3n) is 5.65. The fourth-order valence-electron chi connectivity index (χ4n) is 3.47. The molecule has 0 heterocycles. The molecule has 1 atom stereocenters. The molecule has 0 aromatic heterocycles. The van der Waals surface area contributed by atoms with Gasteiger partial charge in [-0.3, -0.25) is 14.9 Å². The zero-order valence-electron chi connectivity index (χ0n) is 20.7. The molecule has 38 heavy (non-hydrogen) atoms. The van der Waals surface area contributed by atoms with Gasteiger partial charge in [-0.1, -0.05) is 64.3 Å². The number of hydrogen-bond donors (Lipinski definition) is 2. The Bertz CT molecular complexity index is 1440. The van der Waals surface area contributed by atoms with Gasteiger partial charge >= 0.3 is 6.03 Å². The molecule has 10 heteroatoms. The molecule has 0 aliphatic carbocycles. The zero-order valence-corrected chi connectivity index (χ0v) is 21.5. The standard InChI is InChI=1S/C28H27N3O6S/c1-21-7-9-22(10-8-21)11-12-23-13-16-26(17-14-23)38(36,37)31(35)25(20-32)15-18-27(33)30(28(29)34)19-24-5-3-2-4-6-24/h2-10,13-14,16-17,20,25,35H,15,18-19H2,1H3,(H2,29,34)/t25-/m1/s1. The van der Waals surface area contributed by atoms with Crippen LogP contribution in [0.3, 0.4) is 0 Å². The van der Waals surface area contributed by atoms with Crippen molar-refractivity contribution < 1.29 is 28.0 Å². The van der Waals surface area contributed by atoms with E-state index in [1.165, 1.54) is 24.3 Å². The van der Waals surface area contributed by atoms with Gasteiger partial charge in [0.15, 0.2) is 0 Å². The predicted molar refractivity (Wildman–Crippen MR) is 140 cm³/mol. The van der Waals surface area contributed by atoms with Crippen LogP contribution >= 0.6 is 0 Å². The van der Waals surface area contributed by atoms with Gasteiger partial charge in [0.25, 0.3) is 10.0 Å². The maximum Gasteiger partial charge on any atom is 0.321 e. The Kier molecular flexibility index (Phi) is 9.51. The van der Waals surface area contributed by atoms with Crippen LogP contribution in [0, 0.1) is 18.8 Å². The first-order valence-corrected chi connectivity index (χ1v) is 13.1. The molecule has 196 valence electrons. The summed E-state index contributed by atoms with van der Waals surface area (Å²) in [5.74, 6) is 5.20. The maximum absolute atomic E-state index is 12.9. The number of carbonyl (C=O) groups excluding carboxylic acids is 3. The summed E-state index contributed by atoms with van der Waals surface area (Å²) in [6.07, 6.45) is -0.548. The number of carbonyl (C=O) groups is 3. The third-order valence-corrected chi connectivity index (χ3v) is 7.28. The van der Waals surface area contributed by atoms with Crippen molar-refractivity contribution in [3.8, 4) is 11.8 Å². The topological polar surface area (TPSA) is 138 Å². The molecule has 0 aliphatic heterocycles. The lowest BCUT2D eigenvalue weighted by molar-refractivity contribution is -0.130. The highest BCUT2D eigenvalue weighted by Crippen LogP contribution is 2.19. The van der Waals surface area contributed by atoms with Crippen LogP contribution < -0.4 is 5.73 Å². The van der Waals surface area contributed by atoms with E-state index in [-0.39, 0.29) is 28.6 Å². The van der Waals surface area contributed by atoms with E-state index in [9.17, 15) is 28.0 Å². The fourth-order valence-corrected chi connectivity index (χ4v) is 4.68. The smallest absolute Gasteiger partial charge is 0.321 e. The number of hydrogen-bond acceptors (Lipinski definition) is 6. The number of rotatable bonds is 9. The van der Waals surface area contributed by atoms with E-state index in [0.717, 1.165) is 16.0 Å². The molecule has 0 spiro atoms. The third kappa shape index (κ3) is 7.36. The van der Waals surface area contributed by atoms with Crippen molar-refractivity contribution in [2.45, 2.75) is 37.2 Å². The number of urea groups is 1. The summed E-state index contributed by atoms with van der Waals surface area (Å²) < 4.78 is 25.7. The number of aldehydes is 1. The van der Waals surface area contributed by atoms with Crippen molar-refractivity contribution in [2.24, 2.45) is 5.73 Å². The summed E-state index contributed by atoms with van der Waals surface area (Å²) in [5.41, 5.74) is 8.45. The minimum Gasteiger partial charge on any atom is -0.351 e. The molecule has 0 fully saturated rings. The van der Waals surface area contributed by atoms with Gasteiger partial charge in [-0.15, -0.1) is 0 Å². The minimum absolute atomic E-state index is 0.0773. The van der Waals surface area contributed by atoms with Crippen molar-refractivity contribution in [2.75, 3.05) is 0 Å². The predicted octanol–water partition coefficient (Wildman–Crippen LogP) is 3.23. The number of amides is 3. The summed E-state index contributed by atoms with van der Waals surface area (Å²) in [7, 11) is -4.48. The average Bonchev–Trinajstić information content (AvgIpc) is 2.92. The second kappa shape index (κ2) is 12.8. The van der Waals surface area contributed by atoms with Crippen LogP contribution in [-0.4, -0.2) is 47.3 Å². The quantitative estimate of drug-likeness (QED) is 0.246. The lowest BCUT2D eigenvalue weighted by Crippen LogP contribution is -2.42. The number of imide groups is 1. The average molecular weight is 534 g/mol. The number of benzene rings is 3. The number of nitrogens with two attached hydrogens (primary N) is 1. The highest BCUT2D eigenvalue weighted by Gasteiger charge is 2.31. The Balaban J connectivity index is 1.67. The molecule has 0 saturated carbocycles. The zero-order chi connectivity index (χ0) is 27.7. The first-order valence-electron chi connectivity index (χ1n) is 11.6. The van der Waals surface area contributed by atoms with Crippen molar-refractivity contribution in [1.29, 1.82) is 0 Å². The highest BCUT2D eigenvalue weighted by atomic mass is 32.2. The van der Waals surface area contributed by atoms with E-state index < -0.39 is 34.4 Å². The number of primary amides is 1. The van der Waals surface area contributed by atoms with E-state index >= 15 is 0 Å². The number of aryl methyl sites for hydroxylation is 1. The molecule has 3 aromatic rings. The number of sulfonamides is 1. The van der Waals surface area contributed by atoms with Crippen molar-refractivity contribution in [1.82, 2.24) is 9.37 Å². The molecule has 0 radical (unpaired) electrons. The van der Waals surface area contributed by atoms with E-state index in [0.29, 0.717) is 11.1 Å². The van der Waals surface area contributed by atoms with Gasteiger partial charge in [-0.25, -0.2) is 13.2 Å². The number of hydroxylamine groups is 1. The summed E-state index contributed by atoms with van der Waals surface area (Å²) in [6.45, 7) is 1.89. The maximum atomic E-state index is 12.9. The second-order valence-corrected chi connectivity index (χ2v) is 10.3. The van der Waals surface area contributed by atoms with Gasteiger partial charge in [0.05, 0.1) is 11.4 Å². The van der Waals surface area contributed by atoms with Crippen molar-refractivity contribution in [3.63, 3.8) is 0 Å². The normalized spacial score (nSPS) is 11.8. The Morgan fingerprint density at radius 3 is 2.03 bits per heavy atom. The van der Waals surface area contributed by atoms with Crippen LogP contribution in [0.4, 0.5) is 4.79 Å². The van der Waals surface area contributed by atoms with E-state index in [1.807, 2.05) is 31.2 Å². The molecule has 9 nitrogen and oxygen atoms in total. The Morgan fingerprint density at radius 2 is 1.50 bits per heavy atom. The van der Waals surface area contributed by atoms with Gasteiger partial charge in [-0.05, 0) is 55.3 Å². The molecular formula is C28H27N3O6S. The number of nitrogens with zero attached hydrogens (tertiary/aromatic N) is 2. The van der Waals surface area contributed by atoms with Gasteiger partial charge < -0.3 is 10.5 Å². The highest BCUT2D eigenvalue weighted by molar-refractivity contribution is 7.89. The molecular weight excluding hydrogens is 506 g/mol. The fraction of sp³-hybridized carbons (Fsp3) is 0.179. The van der Waals surface area contributed by atoms with Gasteiger partial charge in [0, 0.05) is 17.5 Å². The molecule has 0 saturated heterocycles. The second-order valence-electron chi connectivity index (χ2n) is 8.46.